The first kappa shape index (κ1) is 11.5. The number of rotatable bonds is 4. The molecule has 2 heteroatoms. The fraction of sp³-hybridized carbons (Fsp3) is 0.571. The lowest BCUT2D eigenvalue weighted by Crippen LogP contribution is -2.31. The van der Waals surface area contributed by atoms with E-state index in [9.17, 15) is 0 Å². The van der Waals surface area contributed by atoms with Crippen molar-refractivity contribution in [2.45, 2.75) is 38.0 Å². The third-order valence-electron chi connectivity index (χ3n) is 3.73. The number of nitrogens with two attached hydrogens (primary N) is 1. The molecule has 0 aliphatic heterocycles. The zero-order chi connectivity index (χ0) is 11.4. The predicted octanol–water partition coefficient (Wildman–Crippen LogP) is 2.86. The van der Waals surface area contributed by atoms with Crippen LogP contribution in [0.3, 0.4) is 0 Å². The van der Waals surface area contributed by atoms with E-state index in [1.54, 1.807) is 0 Å². The molecule has 0 heterocycles. The van der Waals surface area contributed by atoms with Crippen molar-refractivity contribution < 1.29 is 4.74 Å². The maximum absolute atomic E-state index is 5.97. The summed E-state index contributed by atoms with van der Waals surface area (Å²) in [5.41, 5.74) is 7.59. The topological polar surface area (TPSA) is 35.2 Å². The van der Waals surface area contributed by atoms with Gasteiger partial charge in [-0.15, -0.1) is 0 Å². The quantitative estimate of drug-likeness (QED) is 0.845. The van der Waals surface area contributed by atoms with Gasteiger partial charge in [0, 0.05) is 12.0 Å². The zero-order valence-electron chi connectivity index (χ0n) is 10.0. The first-order chi connectivity index (χ1) is 7.80. The van der Waals surface area contributed by atoms with Crippen LogP contribution in [0.2, 0.25) is 0 Å². The highest BCUT2D eigenvalue weighted by molar-refractivity contribution is 5.33. The Kier molecular flexibility index (Phi) is 3.49. The summed E-state index contributed by atoms with van der Waals surface area (Å²) in [5.74, 6) is 0.955. The molecule has 0 spiro atoms. The van der Waals surface area contributed by atoms with Gasteiger partial charge < -0.3 is 10.5 Å². The molecule has 1 fully saturated rings. The molecule has 0 aromatic heterocycles. The molecule has 88 valence electrons. The first-order valence-corrected chi connectivity index (χ1v) is 6.24. The Morgan fingerprint density at radius 1 is 1.19 bits per heavy atom. The molecule has 1 aliphatic rings. The Labute approximate surface area is 97.8 Å². The lowest BCUT2D eigenvalue weighted by atomic mass is 9.79. The van der Waals surface area contributed by atoms with Crippen molar-refractivity contribution in [1.82, 2.24) is 0 Å². The van der Waals surface area contributed by atoms with Crippen LogP contribution in [0.1, 0.15) is 38.2 Å². The number of ether oxygens (including phenoxy) is 1. The van der Waals surface area contributed by atoms with Gasteiger partial charge in [0.1, 0.15) is 5.75 Å². The van der Waals surface area contributed by atoms with Crippen molar-refractivity contribution in [2.75, 3.05) is 13.2 Å². The van der Waals surface area contributed by atoms with Gasteiger partial charge in [-0.2, -0.15) is 0 Å². The van der Waals surface area contributed by atoms with Gasteiger partial charge >= 0.3 is 0 Å². The van der Waals surface area contributed by atoms with Gasteiger partial charge in [0.2, 0.25) is 0 Å². The number of hydrogen-bond donors (Lipinski definition) is 1. The summed E-state index contributed by atoms with van der Waals surface area (Å²) in [6, 6.07) is 8.50. The second-order valence-corrected chi connectivity index (χ2v) is 4.65. The highest BCUT2D eigenvalue weighted by Crippen LogP contribution is 2.40. The van der Waals surface area contributed by atoms with Gasteiger partial charge in [-0.25, -0.2) is 0 Å². The molecule has 0 atom stereocenters. The second-order valence-electron chi connectivity index (χ2n) is 4.65. The molecule has 1 aliphatic carbocycles. The summed E-state index contributed by atoms with van der Waals surface area (Å²) in [4.78, 5) is 0. The first-order valence-electron chi connectivity index (χ1n) is 6.24. The lowest BCUT2D eigenvalue weighted by Gasteiger charge is -2.27. The van der Waals surface area contributed by atoms with Crippen LogP contribution in [0.5, 0.6) is 5.75 Å². The van der Waals surface area contributed by atoms with Crippen molar-refractivity contribution in [3.8, 4) is 5.75 Å². The summed E-state index contributed by atoms with van der Waals surface area (Å²) in [5, 5.41) is 0. The summed E-state index contributed by atoms with van der Waals surface area (Å²) < 4.78 is 5.46. The summed E-state index contributed by atoms with van der Waals surface area (Å²) in [6.07, 6.45) is 5.09. The van der Waals surface area contributed by atoms with E-state index in [4.69, 9.17) is 10.5 Å². The van der Waals surface area contributed by atoms with Crippen LogP contribution in [0.25, 0.3) is 0 Å². The molecule has 2 N–H and O–H groups in total. The minimum Gasteiger partial charge on any atom is -0.494 e. The molecule has 2 rings (SSSR count). The fourth-order valence-electron chi connectivity index (χ4n) is 2.73. The van der Waals surface area contributed by atoms with Crippen molar-refractivity contribution in [3.05, 3.63) is 29.8 Å². The molecule has 0 radical (unpaired) electrons. The van der Waals surface area contributed by atoms with E-state index in [-0.39, 0.29) is 5.41 Å². The minimum absolute atomic E-state index is 0.241. The van der Waals surface area contributed by atoms with Gasteiger partial charge in [-0.05, 0) is 37.5 Å². The van der Waals surface area contributed by atoms with Crippen LogP contribution in [-0.2, 0) is 5.41 Å². The Bertz CT molecular complexity index is 325. The maximum atomic E-state index is 5.97. The fourth-order valence-corrected chi connectivity index (χ4v) is 2.73. The monoisotopic (exact) mass is 219 g/mol. The van der Waals surface area contributed by atoms with Gasteiger partial charge in [0.15, 0.2) is 0 Å². The van der Waals surface area contributed by atoms with Crippen LogP contribution in [-0.4, -0.2) is 13.2 Å². The smallest absolute Gasteiger partial charge is 0.119 e. The summed E-state index contributed by atoms with van der Waals surface area (Å²) in [7, 11) is 0. The van der Waals surface area contributed by atoms with E-state index >= 15 is 0 Å². The summed E-state index contributed by atoms with van der Waals surface area (Å²) >= 11 is 0. The molecule has 0 bridgehead atoms. The highest BCUT2D eigenvalue weighted by Gasteiger charge is 2.33. The minimum atomic E-state index is 0.241. The van der Waals surface area contributed by atoms with Crippen molar-refractivity contribution in [2.24, 2.45) is 5.73 Å². The third-order valence-corrected chi connectivity index (χ3v) is 3.73. The largest absolute Gasteiger partial charge is 0.494 e. The second kappa shape index (κ2) is 4.88. The molecule has 16 heavy (non-hydrogen) atoms. The van der Waals surface area contributed by atoms with E-state index < -0.39 is 0 Å². The molecule has 1 saturated carbocycles. The van der Waals surface area contributed by atoms with Crippen LogP contribution in [0, 0.1) is 0 Å². The molecule has 0 amide bonds. The molecule has 1 aromatic carbocycles. The van der Waals surface area contributed by atoms with E-state index in [1.165, 1.54) is 31.2 Å². The van der Waals surface area contributed by atoms with Gasteiger partial charge in [0.25, 0.3) is 0 Å². The average Bonchev–Trinajstić information content (AvgIpc) is 2.80. The van der Waals surface area contributed by atoms with Crippen molar-refractivity contribution in [3.63, 3.8) is 0 Å². The highest BCUT2D eigenvalue weighted by atomic mass is 16.5. The van der Waals surface area contributed by atoms with Crippen LogP contribution in [0.4, 0.5) is 0 Å². The molecular weight excluding hydrogens is 198 g/mol. The zero-order valence-corrected chi connectivity index (χ0v) is 10.0. The number of hydrogen-bond acceptors (Lipinski definition) is 2. The molecule has 2 nitrogen and oxygen atoms in total. The predicted molar refractivity (Wildman–Crippen MR) is 66.8 cm³/mol. The van der Waals surface area contributed by atoms with E-state index in [1.807, 2.05) is 6.92 Å². The molecule has 0 unspecified atom stereocenters. The van der Waals surface area contributed by atoms with Gasteiger partial charge in [-0.3, -0.25) is 0 Å². The van der Waals surface area contributed by atoms with Crippen LogP contribution in [0.15, 0.2) is 24.3 Å². The number of benzene rings is 1. The third kappa shape index (κ3) is 2.07. The average molecular weight is 219 g/mol. The van der Waals surface area contributed by atoms with Gasteiger partial charge in [0.05, 0.1) is 6.61 Å². The Balaban J connectivity index is 2.19. The Morgan fingerprint density at radius 2 is 1.81 bits per heavy atom. The van der Waals surface area contributed by atoms with E-state index in [2.05, 4.69) is 24.3 Å². The molecular formula is C14H21NO. The maximum Gasteiger partial charge on any atom is 0.119 e. The standard InChI is InChI=1S/C14H21NO/c1-2-16-13-7-5-12(6-8-13)14(11-15)9-3-4-10-14/h5-8H,2-4,9-11,15H2,1H3. The van der Waals surface area contributed by atoms with Crippen molar-refractivity contribution in [1.29, 1.82) is 0 Å². The molecule has 0 saturated heterocycles. The van der Waals surface area contributed by atoms with Crippen LogP contribution >= 0.6 is 0 Å². The van der Waals surface area contributed by atoms with Crippen molar-refractivity contribution >= 4 is 0 Å². The van der Waals surface area contributed by atoms with Gasteiger partial charge in [-0.1, -0.05) is 25.0 Å². The summed E-state index contributed by atoms with van der Waals surface area (Å²) in [6.45, 7) is 3.49. The SMILES string of the molecule is CCOc1ccc(C2(CN)CCCC2)cc1. The van der Waals surface area contributed by atoms with Crippen LogP contribution < -0.4 is 10.5 Å². The van der Waals surface area contributed by atoms with E-state index in [0.29, 0.717) is 0 Å². The normalized spacial score (nSPS) is 18.6. The molecule has 1 aromatic rings. The lowest BCUT2D eigenvalue weighted by molar-refractivity contribution is 0.339. The van der Waals surface area contributed by atoms with E-state index in [0.717, 1.165) is 18.9 Å². The Hall–Kier alpha value is -1.02. The Morgan fingerprint density at radius 3 is 2.31 bits per heavy atom.